The highest BCUT2D eigenvalue weighted by molar-refractivity contribution is 7.91. The van der Waals surface area contributed by atoms with Gasteiger partial charge in [0.05, 0.1) is 69.5 Å². The molecule has 0 bridgehead atoms. The minimum atomic E-state index is -4.65. The number of ketones is 6. The maximum atomic E-state index is 12.9. The molecule has 5 aromatic carbocycles. The van der Waals surface area contributed by atoms with Crippen molar-refractivity contribution >= 4 is 107 Å². The Balaban J connectivity index is 0.000000175. The molecule has 1 unspecified atom stereocenters. The zero-order valence-electron chi connectivity index (χ0n) is 56.7. The number of aromatic nitrogens is 4. The van der Waals surface area contributed by atoms with Gasteiger partial charge in [0.15, 0.2) is 65.7 Å². The minimum Gasteiger partial charge on any atom is -0.461 e. The van der Waals surface area contributed by atoms with Crippen molar-refractivity contribution in [1.82, 2.24) is 24.7 Å². The molecular weight excluding hydrogens is 1450 g/mol. The van der Waals surface area contributed by atoms with Gasteiger partial charge in [-0.25, -0.2) is 31.2 Å². The minimum absolute atomic E-state index is 0.0385. The number of rotatable bonds is 20. The normalized spacial score (nSPS) is 17.3. The molecule has 1 amide bonds. The second-order valence-electron chi connectivity index (χ2n) is 24.8. The molecule has 2 aliphatic heterocycles. The van der Waals surface area contributed by atoms with Gasteiger partial charge >= 0.3 is 23.9 Å². The number of hydrogen-bond donors (Lipinski definition) is 0. The number of Topliss-reactive ketones (excluding diaryl/α,β-unsaturated/α-hetero) is 6. The summed E-state index contributed by atoms with van der Waals surface area (Å²) in [5.41, 5.74) is 0.722. The van der Waals surface area contributed by atoms with Crippen LogP contribution in [-0.2, 0) is 86.2 Å². The van der Waals surface area contributed by atoms with Crippen LogP contribution in [0.5, 0.6) is 0 Å². The van der Waals surface area contributed by atoms with Crippen LogP contribution in [0.2, 0.25) is 15.1 Å². The highest BCUT2D eigenvalue weighted by atomic mass is 35.5. The largest absolute Gasteiger partial charge is 0.461 e. The molecule has 11 rings (SSSR count). The summed E-state index contributed by atoms with van der Waals surface area (Å²) in [6, 6.07) is 30.8. The lowest BCUT2D eigenvalue weighted by molar-refractivity contribution is -0.176. The van der Waals surface area contributed by atoms with Gasteiger partial charge in [-0.05, 0) is 99.2 Å². The maximum Gasteiger partial charge on any atom is 0.411 e. The fraction of sp³-hybridized carbons (Fsp3) is 0.437. The van der Waals surface area contributed by atoms with Crippen molar-refractivity contribution in [2.45, 2.75) is 151 Å². The van der Waals surface area contributed by atoms with Crippen LogP contribution in [0.15, 0.2) is 129 Å². The number of hydrogen-bond acceptors (Lipinski definition) is 21. The van der Waals surface area contributed by atoms with Gasteiger partial charge in [-0.15, -0.1) is 4.68 Å². The summed E-state index contributed by atoms with van der Waals surface area (Å²) < 4.78 is 108. The second kappa shape index (κ2) is 36.0. The summed E-state index contributed by atoms with van der Waals surface area (Å²) >= 11 is 18.6. The lowest BCUT2D eigenvalue weighted by atomic mass is 9.81. The molecule has 1 saturated heterocycles. The number of tetrazole rings is 1. The number of benzene rings is 5. The van der Waals surface area contributed by atoms with Gasteiger partial charge in [-0.3, -0.25) is 28.8 Å². The Bertz CT molecular complexity index is 4380. The van der Waals surface area contributed by atoms with Gasteiger partial charge in [0.25, 0.3) is 0 Å². The molecule has 1 aromatic heterocycles. The third-order valence-electron chi connectivity index (χ3n) is 17.5. The average Bonchev–Trinajstić information content (AvgIpc) is 1.77. The van der Waals surface area contributed by atoms with Crippen molar-refractivity contribution in [3.63, 3.8) is 0 Å². The maximum absolute atomic E-state index is 12.9. The van der Waals surface area contributed by atoms with Crippen LogP contribution < -0.4 is 5.69 Å². The van der Waals surface area contributed by atoms with E-state index in [4.69, 9.17) is 53.9 Å². The van der Waals surface area contributed by atoms with Crippen LogP contribution in [0.25, 0.3) is 5.69 Å². The molecule has 5 aliphatic rings. The van der Waals surface area contributed by atoms with Gasteiger partial charge in [-0.2, -0.15) is 17.9 Å². The smallest absolute Gasteiger partial charge is 0.411 e. The first-order chi connectivity index (χ1) is 48.9. The molecule has 3 saturated carbocycles. The average molecular weight is 1530 g/mol. The van der Waals surface area contributed by atoms with E-state index in [1.54, 1.807) is 36.1 Å². The van der Waals surface area contributed by atoms with Crippen molar-refractivity contribution in [2.24, 2.45) is 17.0 Å². The number of amides is 1. The van der Waals surface area contributed by atoms with Gasteiger partial charge in [0.1, 0.15) is 18.4 Å². The Morgan fingerprint density at radius 2 is 1.13 bits per heavy atom. The number of alkyl halides is 3. The molecule has 0 radical (unpaired) electrons. The molecule has 32 heteroatoms. The molecule has 3 aliphatic carbocycles. The highest BCUT2D eigenvalue weighted by Crippen LogP contribution is 2.42. The molecule has 4 fully saturated rings. The second-order valence-corrected chi connectivity index (χ2v) is 29.9. The molecule has 3 heterocycles. The van der Waals surface area contributed by atoms with E-state index < -0.39 is 119 Å². The third-order valence-corrected chi connectivity index (χ3v) is 21.0. The lowest BCUT2D eigenvalue weighted by Gasteiger charge is -2.32. The predicted octanol–water partition coefficient (Wildman–Crippen LogP) is 11.5. The molecule has 24 nitrogen and oxygen atoms in total. The van der Waals surface area contributed by atoms with E-state index in [1.165, 1.54) is 18.6 Å². The van der Waals surface area contributed by atoms with Crippen molar-refractivity contribution in [1.29, 1.82) is 0 Å². The SMILES string of the molecule is CCN(C(=O)n1nnn(-c2ccccc2Cl)c1=O)C1CCCCC1.CCOC(=O)C1=NOC(c2ccccc2)(c2ccccc2)C1.CS(=O)(=O)c1ccc(C(=O)C2C(=O)CCCC2=O)c(Cl)c1COCC(F)(F)F.CS(=O)(=O)c1ccc(C(=O)C2C(=O)CCCC2=O)c(Cl)c1COCC1CCCO1. The van der Waals surface area contributed by atoms with Gasteiger partial charge in [0, 0.05) is 90.8 Å². The Labute approximate surface area is 607 Å². The summed E-state index contributed by atoms with van der Waals surface area (Å²) in [6.45, 7) is 2.88. The fourth-order valence-corrected chi connectivity index (χ4v) is 15.2. The van der Waals surface area contributed by atoms with Crippen molar-refractivity contribution in [2.75, 3.05) is 45.5 Å². The van der Waals surface area contributed by atoms with Crippen molar-refractivity contribution in [3.8, 4) is 5.69 Å². The first kappa shape index (κ1) is 80.5. The summed E-state index contributed by atoms with van der Waals surface area (Å²) in [5, 5.41) is 11.4. The summed E-state index contributed by atoms with van der Waals surface area (Å²) in [7, 11) is -7.54. The zero-order valence-corrected chi connectivity index (χ0v) is 60.6. The molecule has 0 spiro atoms. The predicted molar refractivity (Wildman–Crippen MR) is 371 cm³/mol. The number of carbonyl (C=O) groups is 8. The summed E-state index contributed by atoms with van der Waals surface area (Å²) in [6.07, 6.45) is 5.85. The highest BCUT2D eigenvalue weighted by Gasteiger charge is 2.46. The van der Waals surface area contributed by atoms with Crippen LogP contribution in [0.1, 0.15) is 147 Å². The summed E-state index contributed by atoms with van der Waals surface area (Å²) in [4.78, 5) is 118. The fourth-order valence-electron chi connectivity index (χ4n) is 12.4. The number of ether oxygens (including phenoxy) is 4. The van der Waals surface area contributed by atoms with E-state index in [1.807, 2.05) is 67.6 Å². The molecule has 6 aromatic rings. The van der Waals surface area contributed by atoms with E-state index in [2.05, 4.69) is 20.3 Å². The lowest BCUT2D eigenvalue weighted by Crippen LogP contribution is -2.46. The van der Waals surface area contributed by atoms with Gasteiger partial charge in [-0.1, -0.05) is 132 Å². The number of halogens is 6. The van der Waals surface area contributed by atoms with Crippen molar-refractivity contribution in [3.05, 3.63) is 168 Å². The molecule has 103 heavy (non-hydrogen) atoms. The van der Waals surface area contributed by atoms with E-state index in [0.29, 0.717) is 55.4 Å². The van der Waals surface area contributed by atoms with E-state index in [-0.39, 0.29) is 83.2 Å². The summed E-state index contributed by atoms with van der Waals surface area (Å²) in [5.74, 6) is -6.92. The Morgan fingerprint density at radius 1 is 0.631 bits per heavy atom. The molecule has 552 valence electrons. The Hall–Kier alpha value is -8.16. The quantitative estimate of drug-likeness (QED) is 0.0297. The first-order valence-electron chi connectivity index (χ1n) is 33.1. The van der Waals surface area contributed by atoms with Gasteiger partial charge in [0.2, 0.25) is 0 Å². The van der Waals surface area contributed by atoms with Crippen molar-refractivity contribution < 1.29 is 92.1 Å². The topological polar surface area (TPSA) is 319 Å². The first-order valence-corrected chi connectivity index (χ1v) is 38.0. The monoisotopic (exact) mass is 1530 g/mol. The number of sulfone groups is 2. The number of carbonyl (C=O) groups excluding carboxylic acids is 8. The van der Waals surface area contributed by atoms with Crippen LogP contribution in [0.3, 0.4) is 0 Å². The number of para-hydroxylation sites is 1. The Morgan fingerprint density at radius 3 is 1.58 bits per heavy atom. The van der Waals surface area contributed by atoms with Crippen LogP contribution in [-0.4, -0.2) is 158 Å². The third kappa shape index (κ3) is 20.2. The number of nitrogens with zero attached hydrogens (tertiary/aromatic N) is 6. The zero-order chi connectivity index (χ0) is 75.0. The van der Waals surface area contributed by atoms with E-state index in [0.717, 1.165) is 83.7 Å². The van der Waals surface area contributed by atoms with Crippen LogP contribution >= 0.6 is 34.8 Å². The Kier molecular flexibility index (Phi) is 28.2. The van der Waals surface area contributed by atoms with E-state index >= 15 is 0 Å². The van der Waals surface area contributed by atoms with Gasteiger partial charge < -0.3 is 28.7 Å². The molecular formula is C71H76Cl3F3N6O18S2. The molecule has 0 N–H and O–H groups in total. The van der Waals surface area contributed by atoms with Crippen LogP contribution in [0, 0.1) is 11.8 Å². The van der Waals surface area contributed by atoms with E-state index in [9.17, 15) is 73.2 Å². The standard InChI is InChI=1S/C20H23ClO7S.C18H17NO3.C17H16ClF3O6S.C16H20ClN5O2/c1-29(25,26)17-8-7-13(20(24)18-15(22)5-2-6-16(18)23)19(21)14(17)11-27-10-12-4-3-9-28-12;1-2-21-17(20)16-13-18(22-19-16,14-9-5-3-6-10-14)15-11-7-4-8-12-15;1-28(25,26)13-6-5-9(15(18)10(13)7-27-8-17(19,20)21)16(24)14-11(22)3-2-4-12(14)23;1-2-20(12-8-4-3-5-9-12)15(23)22-16(24)21(18-19-22)14-11-7-6-10-13(14)17/h7-8,12,18H,2-6,9-11H2,1H3;3-12H,2,13H2,1H3;5-6,14H,2-4,7-8H2,1H3;6-7,10-12H,2-5,8-9H2,1H3. The molecule has 1 atom stereocenters. The van der Waals surface area contributed by atoms with Crippen LogP contribution in [0.4, 0.5) is 18.0 Å². The number of oxime groups is 1. The number of esters is 1.